The second-order valence-electron chi connectivity index (χ2n) is 4.11. The summed E-state index contributed by atoms with van der Waals surface area (Å²) in [6.07, 6.45) is 1.31. The Morgan fingerprint density at radius 3 is 2.95 bits per heavy atom. The summed E-state index contributed by atoms with van der Waals surface area (Å²) in [5.74, 6) is -0.740. The third-order valence-electron chi connectivity index (χ3n) is 2.64. The van der Waals surface area contributed by atoms with E-state index in [0.29, 0.717) is 22.8 Å². The van der Waals surface area contributed by atoms with Gasteiger partial charge in [0.25, 0.3) is 0 Å². The highest BCUT2D eigenvalue weighted by atomic mass is 16.8. The highest BCUT2D eigenvalue weighted by molar-refractivity contribution is 5.58. The van der Waals surface area contributed by atoms with E-state index in [1.807, 2.05) is 0 Å². The molecule has 1 aliphatic rings. The Morgan fingerprint density at radius 1 is 1.58 bits per heavy atom. The van der Waals surface area contributed by atoms with Gasteiger partial charge in [0.1, 0.15) is 0 Å². The van der Waals surface area contributed by atoms with Crippen molar-refractivity contribution in [3.63, 3.8) is 0 Å². The predicted octanol–water partition coefficient (Wildman–Crippen LogP) is 0.464. The SMILES string of the molecule is C=C=CN[NH+]([O-])c1cccc2c1OC(N)(C(=C)C)O2. The molecule has 0 saturated heterocycles. The number of rotatable bonds is 4. The fourth-order valence-corrected chi connectivity index (χ4v) is 1.58. The van der Waals surface area contributed by atoms with Gasteiger partial charge in [0, 0.05) is 11.6 Å². The van der Waals surface area contributed by atoms with Crippen LogP contribution in [0.15, 0.2) is 48.9 Å². The van der Waals surface area contributed by atoms with E-state index < -0.39 is 5.91 Å². The number of nitrogens with one attached hydrogen (secondary N) is 2. The Labute approximate surface area is 111 Å². The van der Waals surface area contributed by atoms with Gasteiger partial charge in [-0.3, -0.25) is 5.73 Å². The van der Waals surface area contributed by atoms with Crippen LogP contribution in [0.25, 0.3) is 0 Å². The van der Waals surface area contributed by atoms with Crippen LogP contribution in [0, 0.1) is 5.21 Å². The highest BCUT2D eigenvalue weighted by Gasteiger charge is 2.41. The number of nitrogens with two attached hydrogens (primary N) is 1. The van der Waals surface area contributed by atoms with Gasteiger partial charge in [-0.05, 0) is 13.0 Å². The summed E-state index contributed by atoms with van der Waals surface area (Å²) in [5, 5.41) is 11.6. The maximum absolute atomic E-state index is 11.9. The molecule has 2 unspecified atom stereocenters. The molecule has 0 radical (unpaired) electrons. The third-order valence-corrected chi connectivity index (χ3v) is 2.64. The van der Waals surface area contributed by atoms with Crippen LogP contribution in [0.2, 0.25) is 0 Å². The maximum atomic E-state index is 11.9. The number of quaternary nitrogens is 1. The Morgan fingerprint density at radius 2 is 2.32 bits per heavy atom. The molecule has 1 aromatic rings. The minimum Gasteiger partial charge on any atom is -0.603 e. The lowest BCUT2D eigenvalue weighted by atomic mass is 10.3. The van der Waals surface area contributed by atoms with Gasteiger partial charge < -0.3 is 14.7 Å². The summed E-state index contributed by atoms with van der Waals surface area (Å²) in [6.45, 7) is 8.76. The van der Waals surface area contributed by atoms with Crippen LogP contribution < -0.4 is 25.8 Å². The lowest BCUT2D eigenvalue weighted by Crippen LogP contribution is -3.08. The van der Waals surface area contributed by atoms with E-state index in [4.69, 9.17) is 15.2 Å². The smallest absolute Gasteiger partial charge is 0.335 e. The molecular weight excluding hydrogens is 246 g/mol. The van der Waals surface area contributed by atoms with Gasteiger partial charge in [0.15, 0.2) is 5.75 Å². The van der Waals surface area contributed by atoms with Gasteiger partial charge in [-0.1, -0.05) is 19.2 Å². The fourth-order valence-electron chi connectivity index (χ4n) is 1.58. The molecule has 1 aromatic carbocycles. The second-order valence-corrected chi connectivity index (χ2v) is 4.11. The molecule has 0 aliphatic carbocycles. The van der Waals surface area contributed by atoms with Crippen molar-refractivity contribution in [2.75, 3.05) is 0 Å². The lowest BCUT2D eigenvalue weighted by molar-refractivity contribution is -0.821. The molecule has 0 aromatic heterocycles. The Kier molecular flexibility index (Phi) is 3.33. The Bertz CT molecular complexity index is 566. The molecule has 0 spiro atoms. The third kappa shape index (κ3) is 2.33. The van der Waals surface area contributed by atoms with Crippen LogP contribution in [0.3, 0.4) is 0 Å². The number of para-hydroxylation sites is 1. The highest BCUT2D eigenvalue weighted by Crippen LogP contribution is 2.43. The molecule has 1 aliphatic heterocycles. The summed E-state index contributed by atoms with van der Waals surface area (Å²) < 4.78 is 11.0. The van der Waals surface area contributed by atoms with Crippen LogP contribution in [0.5, 0.6) is 11.5 Å². The molecule has 6 nitrogen and oxygen atoms in total. The maximum Gasteiger partial charge on any atom is 0.335 e. The van der Waals surface area contributed by atoms with E-state index in [1.165, 1.54) is 6.20 Å². The number of hydrogen-bond acceptors (Lipinski definition) is 5. The molecule has 100 valence electrons. The molecule has 1 heterocycles. The van der Waals surface area contributed by atoms with Gasteiger partial charge in [-0.2, -0.15) is 0 Å². The molecule has 0 saturated carbocycles. The monoisotopic (exact) mass is 261 g/mol. The van der Waals surface area contributed by atoms with E-state index in [0.717, 1.165) is 0 Å². The predicted molar refractivity (Wildman–Crippen MR) is 70.3 cm³/mol. The lowest BCUT2D eigenvalue weighted by Gasteiger charge is -2.23. The van der Waals surface area contributed by atoms with Crippen LogP contribution in [-0.4, -0.2) is 5.91 Å². The van der Waals surface area contributed by atoms with Crippen LogP contribution in [-0.2, 0) is 0 Å². The first-order chi connectivity index (χ1) is 8.98. The zero-order chi connectivity index (χ0) is 14.0. The molecule has 19 heavy (non-hydrogen) atoms. The molecule has 2 atom stereocenters. The summed E-state index contributed by atoms with van der Waals surface area (Å²) in [4.78, 5) is 0. The summed E-state index contributed by atoms with van der Waals surface area (Å²) >= 11 is 0. The van der Waals surface area contributed by atoms with Crippen LogP contribution in [0.1, 0.15) is 6.92 Å². The first-order valence-corrected chi connectivity index (χ1v) is 5.59. The Balaban J connectivity index is 2.35. The van der Waals surface area contributed by atoms with Crippen molar-refractivity contribution in [3.05, 3.63) is 54.1 Å². The van der Waals surface area contributed by atoms with E-state index in [1.54, 1.807) is 25.1 Å². The molecule has 0 fully saturated rings. The van der Waals surface area contributed by atoms with Crippen molar-refractivity contribution in [3.8, 4) is 11.5 Å². The van der Waals surface area contributed by atoms with E-state index in [9.17, 15) is 5.21 Å². The van der Waals surface area contributed by atoms with Gasteiger partial charge >= 0.3 is 5.91 Å². The zero-order valence-electron chi connectivity index (χ0n) is 10.5. The van der Waals surface area contributed by atoms with Crippen molar-refractivity contribution >= 4 is 5.69 Å². The molecule has 2 rings (SSSR count). The Hall–Kier alpha value is -2.24. The topological polar surface area (TPSA) is 84.0 Å². The first kappa shape index (κ1) is 13.2. The van der Waals surface area contributed by atoms with Crippen molar-refractivity contribution in [2.45, 2.75) is 12.8 Å². The van der Waals surface area contributed by atoms with E-state index in [2.05, 4.69) is 24.3 Å². The summed E-state index contributed by atoms with van der Waals surface area (Å²) in [7, 11) is 0. The standard InChI is InChI=1S/C13H15N3O3/c1-4-8-15-16(17)10-6-5-7-11-12(10)19-13(14,18-11)9(2)3/h5-8,15-16H,1-2,14H2,3H3. The summed E-state index contributed by atoms with van der Waals surface area (Å²) in [5.41, 5.74) is 11.7. The zero-order valence-corrected chi connectivity index (χ0v) is 10.5. The minimum absolute atomic E-state index is 0.294. The van der Waals surface area contributed by atoms with Gasteiger partial charge in [0.05, 0.1) is 6.20 Å². The van der Waals surface area contributed by atoms with E-state index in [-0.39, 0.29) is 5.17 Å². The van der Waals surface area contributed by atoms with Crippen molar-refractivity contribution < 1.29 is 14.6 Å². The number of fused-ring (bicyclic) bond motifs is 1. The average Bonchev–Trinajstić information content (AvgIpc) is 2.73. The largest absolute Gasteiger partial charge is 0.603 e. The number of ether oxygens (including phenoxy) is 2. The van der Waals surface area contributed by atoms with Crippen molar-refractivity contribution in [1.82, 2.24) is 5.43 Å². The fraction of sp³-hybridized carbons (Fsp3) is 0.154. The van der Waals surface area contributed by atoms with Crippen molar-refractivity contribution in [2.24, 2.45) is 5.73 Å². The molecule has 0 bridgehead atoms. The van der Waals surface area contributed by atoms with E-state index >= 15 is 0 Å². The second kappa shape index (κ2) is 4.79. The number of benzene rings is 1. The van der Waals surface area contributed by atoms with Crippen molar-refractivity contribution in [1.29, 1.82) is 0 Å². The summed E-state index contributed by atoms with van der Waals surface area (Å²) in [6, 6.07) is 4.96. The van der Waals surface area contributed by atoms with Crippen LogP contribution >= 0.6 is 0 Å². The molecule has 4 N–H and O–H groups in total. The minimum atomic E-state index is -1.44. The molecule has 0 amide bonds. The quantitative estimate of drug-likeness (QED) is 0.417. The first-order valence-electron chi connectivity index (χ1n) is 5.59. The average molecular weight is 261 g/mol. The van der Waals surface area contributed by atoms with Crippen LogP contribution in [0.4, 0.5) is 5.69 Å². The molecular formula is C13H15N3O3. The molecule has 6 heteroatoms. The van der Waals surface area contributed by atoms with Gasteiger partial charge in [-0.25, -0.2) is 10.6 Å². The van der Waals surface area contributed by atoms with Gasteiger partial charge in [0.2, 0.25) is 11.4 Å². The normalized spacial score (nSPS) is 21.4. The van der Waals surface area contributed by atoms with Gasteiger partial charge in [-0.15, -0.1) is 5.73 Å². The number of hydrogen-bond donors (Lipinski definition) is 3.